The van der Waals surface area contributed by atoms with E-state index < -0.39 is 11.6 Å². The van der Waals surface area contributed by atoms with Crippen LogP contribution < -0.4 is 4.90 Å². The Labute approximate surface area is 152 Å². The lowest BCUT2D eigenvalue weighted by Crippen LogP contribution is -2.69. The van der Waals surface area contributed by atoms with Crippen LogP contribution in [0.4, 0.5) is 5.69 Å². The van der Waals surface area contributed by atoms with E-state index in [1.807, 2.05) is 13.8 Å². The third kappa shape index (κ3) is 2.76. The molecule has 1 aromatic rings. The summed E-state index contributed by atoms with van der Waals surface area (Å²) in [6, 6.07) is 6.88. The van der Waals surface area contributed by atoms with Gasteiger partial charge in [-0.3, -0.25) is 14.5 Å². The second-order valence-electron chi connectivity index (χ2n) is 7.00. The Morgan fingerprint density at radius 1 is 1.27 bits per heavy atom. The number of carbonyl (C=O) groups is 3. The third-order valence-electron chi connectivity index (χ3n) is 4.77. The summed E-state index contributed by atoms with van der Waals surface area (Å²) in [7, 11) is 1.53. The highest BCUT2D eigenvalue weighted by Crippen LogP contribution is 2.45. The van der Waals surface area contributed by atoms with Gasteiger partial charge in [-0.25, -0.2) is 4.79 Å². The Kier molecular flexibility index (Phi) is 5.00. The van der Waals surface area contributed by atoms with E-state index in [4.69, 9.17) is 9.47 Å². The Bertz CT molecular complexity index is 732. The summed E-state index contributed by atoms with van der Waals surface area (Å²) in [5, 5.41) is 0. The molecule has 2 aliphatic rings. The Balaban J connectivity index is 2.11. The first-order chi connectivity index (χ1) is 12.4. The number of carbonyl (C=O) groups excluding carboxylic acids is 3. The number of benzene rings is 1. The number of amides is 2. The van der Waals surface area contributed by atoms with Gasteiger partial charge in [-0.1, -0.05) is 26.0 Å². The lowest BCUT2D eigenvalue weighted by atomic mass is 9.96. The molecule has 2 aliphatic heterocycles. The predicted molar refractivity (Wildman–Crippen MR) is 94.6 cm³/mol. The van der Waals surface area contributed by atoms with Crippen LogP contribution in [0.5, 0.6) is 0 Å². The van der Waals surface area contributed by atoms with E-state index in [-0.39, 0.29) is 50.3 Å². The average molecular weight is 360 g/mol. The van der Waals surface area contributed by atoms with E-state index in [1.165, 1.54) is 16.9 Å². The number of nitrogens with zero attached hydrogens (tertiary/aromatic N) is 2. The molecule has 0 spiro atoms. The van der Waals surface area contributed by atoms with E-state index in [1.54, 1.807) is 24.3 Å². The monoisotopic (exact) mass is 360 g/mol. The first kappa shape index (κ1) is 18.4. The van der Waals surface area contributed by atoms with E-state index >= 15 is 0 Å². The molecule has 0 aromatic heterocycles. The lowest BCUT2D eigenvalue weighted by Gasteiger charge is -2.48. The van der Waals surface area contributed by atoms with Crippen molar-refractivity contribution in [2.45, 2.75) is 32.4 Å². The SMILES string of the molecule is COCCN1C(=O)c2ccccc2N2C(=O)CC[C@@]12C(=O)OCC(C)C. The maximum atomic E-state index is 13.1. The van der Waals surface area contributed by atoms with Gasteiger partial charge in [-0.05, 0) is 18.1 Å². The first-order valence-electron chi connectivity index (χ1n) is 8.83. The maximum Gasteiger partial charge on any atom is 0.353 e. The fourth-order valence-electron chi connectivity index (χ4n) is 3.59. The minimum absolute atomic E-state index is 0.153. The van der Waals surface area contributed by atoms with Crippen LogP contribution in [-0.4, -0.2) is 55.2 Å². The highest BCUT2D eigenvalue weighted by atomic mass is 16.5. The van der Waals surface area contributed by atoms with Gasteiger partial charge in [-0.15, -0.1) is 0 Å². The molecule has 0 bridgehead atoms. The molecule has 0 N–H and O–H groups in total. The molecule has 1 aromatic carbocycles. The van der Waals surface area contributed by atoms with Gasteiger partial charge in [0.1, 0.15) is 0 Å². The zero-order valence-electron chi connectivity index (χ0n) is 15.4. The molecule has 0 radical (unpaired) electrons. The van der Waals surface area contributed by atoms with Crippen molar-refractivity contribution in [3.8, 4) is 0 Å². The van der Waals surface area contributed by atoms with Crippen molar-refractivity contribution in [3.05, 3.63) is 29.8 Å². The zero-order chi connectivity index (χ0) is 18.9. The lowest BCUT2D eigenvalue weighted by molar-refractivity contribution is -0.158. The molecule has 7 heteroatoms. The summed E-state index contributed by atoms with van der Waals surface area (Å²) in [5.41, 5.74) is -0.558. The van der Waals surface area contributed by atoms with Gasteiger partial charge < -0.3 is 14.4 Å². The van der Waals surface area contributed by atoms with Crippen molar-refractivity contribution in [1.82, 2.24) is 4.90 Å². The Morgan fingerprint density at radius 3 is 2.69 bits per heavy atom. The summed E-state index contributed by atoms with van der Waals surface area (Å²) in [5.74, 6) is -0.880. The molecule has 0 aliphatic carbocycles. The van der Waals surface area contributed by atoms with E-state index in [9.17, 15) is 14.4 Å². The largest absolute Gasteiger partial charge is 0.462 e. The van der Waals surface area contributed by atoms with Crippen LogP contribution in [0.2, 0.25) is 0 Å². The minimum Gasteiger partial charge on any atom is -0.462 e. The summed E-state index contributed by atoms with van der Waals surface area (Å²) in [6.45, 7) is 4.56. The van der Waals surface area contributed by atoms with Crippen LogP contribution >= 0.6 is 0 Å². The molecule has 1 saturated heterocycles. The van der Waals surface area contributed by atoms with Gasteiger partial charge in [0, 0.05) is 26.5 Å². The Morgan fingerprint density at radius 2 is 2.00 bits per heavy atom. The van der Waals surface area contributed by atoms with Crippen molar-refractivity contribution in [3.63, 3.8) is 0 Å². The van der Waals surface area contributed by atoms with Crippen LogP contribution in [0, 0.1) is 5.92 Å². The van der Waals surface area contributed by atoms with Crippen LogP contribution in [-0.2, 0) is 19.1 Å². The molecular weight excluding hydrogens is 336 g/mol. The second kappa shape index (κ2) is 7.07. The zero-order valence-corrected chi connectivity index (χ0v) is 15.4. The number of fused-ring (bicyclic) bond motifs is 3. The normalized spacial score (nSPS) is 21.8. The number of hydrogen-bond donors (Lipinski definition) is 0. The number of anilines is 1. The predicted octanol–water partition coefficient (Wildman–Crippen LogP) is 1.81. The highest BCUT2D eigenvalue weighted by Gasteiger charge is 2.61. The van der Waals surface area contributed by atoms with E-state index in [2.05, 4.69) is 0 Å². The van der Waals surface area contributed by atoms with Gasteiger partial charge in [0.2, 0.25) is 11.6 Å². The molecule has 7 nitrogen and oxygen atoms in total. The fourth-order valence-corrected chi connectivity index (χ4v) is 3.59. The molecule has 1 fully saturated rings. The molecule has 26 heavy (non-hydrogen) atoms. The number of ether oxygens (including phenoxy) is 2. The minimum atomic E-state index is -1.43. The quantitative estimate of drug-likeness (QED) is 0.723. The smallest absolute Gasteiger partial charge is 0.353 e. The number of hydrogen-bond acceptors (Lipinski definition) is 5. The molecule has 2 heterocycles. The highest BCUT2D eigenvalue weighted by molar-refractivity contribution is 6.15. The van der Waals surface area contributed by atoms with Crippen LogP contribution in [0.3, 0.4) is 0 Å². The summed E-state index contributed by atoms with van der Waals surface area (Å²) in [6.07, 6.45) is 0.397. The number of esters is 1. The van der Waals surface area contributed by atoms with E-state index in [0.29, 0.717) is 11.3 Å². The van der Waals surface area contributed by atoms with Gasteiger partial charge >= 0.3 is 5.97 Å². The second-order valence-corrected chi connectivity index (χ2v) is 7.00. The Hall–Kier alpha value is -2.41. The van der Waals surface area contributed by atoms with Crippen LogP contribution in [0.15, 0.2) is 24.3 Å². The van der Waals surface area contributed by atoms with Crippen molar-refractivity contribution in [2.24, 2.45) is 5.92 Å². The third-order valence-corrected chi connectivity index (χ3v) is 4.77. The van der Waals surface area contributed by atoms with Crippen LogP contribution in [0.25, 0.3) is 0 Å². The van der Waals surface area contributed by atoms with Gasteiger partial charge in [0.25, 0.3) is 5.91 Å². The van der Waals surface area contributed by atoms with Crippen molar-refractivity contribution in [2.75, 3.05) is 31.8 Å². The fraction of sp³-hybridized carbons (Fsp3) is 0.526. The van der Waals surface area contributed by atoms with Crippen molar-refractivity contribution >= 4 is 23.5 Å². The molecular formula is C19H24N2O5. The standard InChI is InChI=1S/C19H24N2O5/c1-13(2)12-26-18(24)19-9-8-16(22)21(19)15-7-5-4-6-14(15)17(23)20(19)10-11-25-3/h4-7,13H,8-12H2,1-3H3/t19-/m1/s1. The van der Waals surface area contributed by atoms with Gasteiger partial charge in [0.05, 0.1) is 24.5 Å². The molecule has 140 valence electrons. The summed E-state index contributed by atoms with van der Waals surface area (Å²) in [4.78, 5) is 41.9. The van der Waals surface area contributed by atoms with E-state index in [0.717, 1.165) is 0 Å². The molecule has 2 amide bonds. The van der Waals surface area contributed by atoms with Gasteiger partial charge in [-0.2, -0.15) is 0 Å². The first-order valence-corrected chi connectivity index (χ1v) is 8.83. The molecule has 3 rings (SSSR count). The molecule has 0 unspecified atom stereocenters. The van der Waals surface area contributed by atoms with Crippen molar-refractivity contribution in [1.29, 1.82) is 0 Å². The molecule has 1 atom stereocenters. The van der Waals surface area contributed by atoms with Crippen LogP contribution in [0.1, 0.15) is 37.0 Å². The number of para-hydroxylation sites is 1. The molecule has 0 saturated carbocycles. The van der Waals surface area contributed by atoms with Crippen molar-refractivity contribution < 1.29 is 23.9 Å². The average Bonchev–Trinajstić information content (AvgIpc) is 2.98. The summed E-state index contributed by atoms with van der Waals surface area (Å²) < 4.78 is 10.6. The number of methoxy groups -OCH3 is 1. The number of rotatable bonds is 6. The topological polar surface area (TPSA) is 76.2 Å². The summed E-state index contributed by atoms with van der Waals surface area (Å²) >= 11 is 0. The maximum absolute atomic E-state index is 13.1. The van der Waals surface area contributed by atoms with Gasteiger partial charge in [0.15, 0.2) is 0 Å².